The van der Waals surface area contributed by atoms with Crippen LogP contribution in [-0.4, -0.2) is 65.5 Å². The summed E-state index contributed by atoms with van der Waals surface area (Å²) in [5, 5.41) is 13.4. The van der Waals surface area contributed by atoms with Crippen molar-refractivity contribution in [2.75, 3.05) is 13.1 Å². The molecule has 0 spiro atoms. The molecule has 4 atom stereocenters. The van der Waals surface area contributed by atoms with Gasteiger partial charge in [-0.3, -0.25) is 24.0 Å². The Balaban J connectivity index is 5.62. The second-order valence-electron chi connectivity index (χ2n) is 23.1. The fraction of sp³-hybridized carbons (Fsp3) is 0.898. The van der Waals surface area contributed by atoms with Gasteiger partial charge in [-0.05, 0) is 123 Å². The highest BCUT2D eigenvalue weighted by atomic mass is 16.2. The zero-order chi connectivity index (χ0) is 45.7. The number of rotatable bonds is 30. The average Bonchev–Trinajstić information content (AvgIpc) is 3.06. The van der Waals surface area contributed by atoms with E-state index in [0.717, 1.165) is 64.3 Å². The molecule has 0 radical (unpaired) electrons. The Morgan fingerprint density at radius 2 is 1.05 bits per heavy atom. The third-order valence-electron chi connectivity index (χ3n) is 10.8. The Morgan fingerprint density at radius 3 is 1.59 bits per heavy atom. The average molecular weight is 834 g/mol. The van der Waals surface area contributed by atoms with Crippen LogP contribution < -0.4 is 27.0 Å². The van der Waals surface area contributed by atoms with Crippen molar-refractivity contribution in [2.24, 2.45) is 33.8 Å². The van der Waals surface area contributed by atoms with Gasteiger partial charge in [-0.15, -0.1) is 0 Å². The zero-order valence-electron chi connectivity index (χ0n) is 41.1. The molecular formula is C49H95N5O5. The van der Waals surface area contributed by atoms with Gasteiger partial charge in [-0.1, -0.05) is 101 Å². The maximum absolute atomic E-state index is 14.0. The summed E-state index contributed by atoms with van der Waals surface area (Å²) in [4.78, 5) is 65.8. The number of primary amides is 1. The lowest BCUT2D eigenvalue weighted by atomic mass is 9.81. The van der Waals surface area contributed by atoms with Gasteiger partial charge < -0.3 is 27.0 Å². The number of carbonyl (C=O) groups is 5. The number of hydrogen-bond acceptors (Lipinski definition) is 7. The molecule has 10 heteroatoms. The summed E-state index contributed by atoms with van der Waals surface area (Å²) in [6.45, 7) is 32.9. The first-order valence-electron chi connectivity index (χ1n) is 23.4. The Hall–Kier alpha value is -2.33. The number of unbranched alkanes of at least 4 members (excludes halogenated alkanes) is 6. The molecule has 346 valence electrons. The van der Waals surface area contributed by atoms with Crippen molar-refractivity contribution in [3.63, 3.8) is 0 Å². The molecule has 0 saturated carbocycles. The largest absolute Gasteiger partial charge is 0.369 e. The molecule has 0 rings (SSSR count). The van der Waals surface area contributed by atoms with Crippen molar-refractivity contribution in [1.82, 2.24) is 21.3 Å². The summed E-state index contributed by atoms with van der Waals surface area (Å²) >= 11 is 0. The minimum atomic E-state index is -0.602. The highest BCUT2D eigenvalue weighted by Gasteiger charge is 2.30. The molecule has 3 amide bonds. The minimum Gasteiger partial charge on any atom is -0.369 e. The quantitative estimate of drug-likeness (QED) is 0.0451. The first-order chi connectivity index (χ1) is 26.9. The molecule has 4 unspecified atom stereocenters. The molecule has 0 aliphatic rings. The molecule has 0 aromatic carbocycles. The maximum Gasteiger partial charge on any atom is 0.237 e. The predicted molar refractivity (Wildman–Crippen MR) is 247 cm³/mol. The second kappa shape index (κ2) is 26.9. The van der Waals surface area contributed by atoms with Crippen molar-refractivity contribution in [3.8, 4) is 0 Å². The topological polar surface area (TPSA) is 159 Å². The lowest BCUT2D eigenvalue weighted by molar-refractivity contribution is -0.131. The SMILES string of the molecule is CC(C)(C)CCCCCC(NC(C)(C)C)C(=O)NCCCCC(NC(=O)C(CCCCNC(C)(C)C)CC(C)(C)C)C(=O)CCCCCC(CC(=O)C(C)(C)C)C(N)=O. The molecule has 10 nitrogen and oxygen atoms in total. The van der Waals surface area contributed by atoms with Crippen molar-refractivity contribution >= 4 is 29.3 Å². The van der Waals surface area contributed by atoms with E-state index in [-0.39, 0.29) is 58.3 Å². The van der Waals surface area contributed by atoms with E-state index in [1.54, 1.807) is 0 Å². The van der Waals surface area contributed by atoms with E-state index in [4.69, 9.17) is 5.73 Å². The lowest BCUT2D eigenvalue weighted by Crippen LogP contribution is -2.51. The van der Waals surface area contributed by atoms with Crippen LogP contribution >= 0.6 is 0 Å². The summed E-state index contributed by atoms with van der Waals surface area (Å²) < 4.78 is 0. The standard InChI is InChI=1S/C49H95N5O5/c1-45(2,3)31-23-17-19-29-39(54-49(13,14)15)44(59)51-32-24-22-28-38(40(55)30-20-16-18-26-36(42(50)57)34-41(56)47(7,8)9)53-43(58)37(35-46(4,5)6)27-21-25-33-52-48(10,11)12/h36-39,52,54H,16-35H2,1-15H3,(H2,50,57)(H,51,59)(H,53,58). The summed E-state index contributed by atoms with van der Waals surface area (Å²) in [6, 6.07) is -0.867. The Morgan fingerprint density at radius 1 is 0.525 bits per heavy atom. The Kier molecular flexibility index (Phi) is 25.8. The molecule has 59 heavy (non-hydrogen) atoms. The van der Waals surface area contributed by atoms with Gasteiger partial charge in [0.05, 0.1) is 12.1 Å². The molecule has 0 aromatic heterocycles. The van der Waals surface area contributed by atoms with Gasteiger partial charge in [0, 0.05) is 47.7 Å². The van der Waals surface area contributed by atoms with Gasteiger partial charge in [0.15, 0.2) is 5.78 Å². The highest BCUT2D eigenvalue weighted by molar-refractivity contribution is 5.90. The smallest absolute Gasteiger partial charge is 0.237 e. The van der Waals surface area contributed by atoms with E-state index in [2.05, 4.69) is 104 Å². The highest BCUT2D eigenvalue weighted by Crippen LogP contribution is 2.29. The van der Waals surface area contributed by atoms with Gasteiger partial charge in [0.25, 0.3) is 0 Å². The van der Waals surface area contributed by atoms with Crippen LogP contribution in [0.3, 0.4) is 0 Å². The number of hydrogen-bond donors (Lipinski definition) is 5. The van der Waals surface area contributed by atoms with Crippen LogP contribution in [-0.2, 0) is 24.0 Å². The Bertz CT molecular complexity index is 1250. The van der Waals surface area contributed by atoms with Crippen LogP contribution in [0.5, 0.6) is 0 Å². The van der Waals surface area contributed by atoms with Crippen LogP contribution in [0.15, 0.2) is 0 Å². The summed E-state index contributed by atoms with van der Waals surface area (Å²) in [6.07, 6.45) is 13.5. The number of nitrogens with one attached hydrogen (secondary N) is 4. The summed E-state index contributed by atoms with van der Waals surface area (Å²) in [5.74, 6) is -1.16. The summed E-state index contributed by atoms with van der Waals surface area (Å²) in [5.41, 5.74) is 5.25. The molecule has 6 N–H and O–H groups in total. The third kappa shape index (κ3) is 31.2. The van der Waals surface area contributed by atoms with E-state index in [9.17, 15) is 24.0 Å². The van der Waals surface area contributed by atoms with Gasteiger partial charge in [0.2, 0.25) is 17.7 Å². The Labute approximate surface area is 363 Å². The van der Waals surface area contributed by atoms with Crippen LogP contribution in [0, 0.1) is 28.1 Å². The minimum absolute atomic E-state index is 0.0146. The molecular weight excluding hydrogens is 739 g/mol. The molecule has 0 aliphatic heterocycles. The van der Waals surface area contributed by atoms with E-state index in [1.807, 2.05) is 20.8 Å². The van der Waals surface area contributed by atoms with Crippen molar-refractivity contribution in [2.45, 2.75) is 243 Å². The molecule has 0 aliphatic carbocycles. The van der Waals surface area contributed by atoms with Gasteiger partial charge in [-0.2, -0.15) is 0 Å². The number of carbonyl (C=O) groups excluding carboxylic acids is 5. The lowest BCUT2D eigenvalue weighted by Gasteiger charge is -2.28. The van der Waals surface area contributed by atoms with E-state index < -0.39 is 23.3 Å². The van der Waals surface area contributed by atoms with Gasteiger partial charge in [0.1, 0.15) is 5.78 Å². The third-order valence-corrected chi connectivity index (χ3v) is 10.8. The number of Topliss-reactive ketones (excluding diaryl/α,β-unsaturated/α-hetero) is 2. The monoisotopic (exact) mass is 834 g/mol. The van der Waals surface area contributed by atoms with E-state index in [1.165, 1.54) is 6.42 Å². The molecule has 0 fully saturated rings. The normalized spacial score (nSPS) is 15.0. The van der Waals surface area contributed by atoms with Crippen LogP contribution in [0.2, 0.25) is 0 Å². The molecule has 0 bridgehead atoms. The zero-order valence-corrected chi connectivity index (χ0v) is 41.1. The fourth-order valence-electron chi connectivity index (χ4n) is 7.34. The number of ketones is 2. The maximum atomic E-state index is 14.0. The van der Waals surface area contributed by atoms with E-state index in [0.29, 0.717) is 56.9 Å². The van der Waals surface area contributed by atoms with Crippen LogP contribution in [0.4, 0.5) is 0 Å². The van der Waals surface area contributed by atoms with Crippen molar-refractivity contribution in [3.05, 3.63) is 0 Å². The fourth-order valence-corrected chi connectivity index (χ4v) is 7.34. The first kappa shape index (κ1) is 56.7. The number of nitrogens with two attached hydrogens (primary N) is 1. The van der Waals surface area contributed by atoms with Gasteiger partial charge >= 0.3 is 0 Å². The first-order valence-corrected chi connectivity index (χ1v) is 23.4. The van der Waals surface area contributed by atoms with Crippen LogP contribution in [0.1, 0.15) is 219 Å². The molecule has 0 saturated heterocycles. The second-order valence-corrected chi connectivity index (χ2v) is 23.1. The van der Waals surface area contributed by atoms with Crippen molar-refractivity contribution in [1.29, 1.82) is 0 Å². The van der Waals surface area contributed by atoms with Crippen LogP contribution in [0.25, 0.3) is 0 Å². The van der Waals surface area contributed by atoms with Crippen molar-refractivity contribution < 1.29 is 24.0 Å². The molecule has 0 aromatic rings. The predicted octanol–water partition coefficient (Wildman–Crippen LogP) is 9.75. The summed E-state index contributed by atoms with van der Waals surface area (Å²) in [7, 11) is 0. The van der Waals surface area contributed by atoms with Gasteiger partial charge in [-0.25, -0.2) is 0 Å². The number of amides is 3. The molecule has 0 heterocycles. The van der Waals surface area contributed by atoms with E-state index >= 15 is 0 Å².